The summed E-state index contributed by atoms with van der Waals surface area (Å²) < 4.78 is 0. The molecule has 0 spiro atoms. The Morgan fingerprint density at radius 3 is 2.88 bits per heavy atom. The lowest BCUT2D eigenvalue weighted by molar-refractivity contribution is 0.0695. The average molecular weight is 219 g/mol. The van der Waals surface area contributed by atoms with Crippen LogP contribution in [0.4, 0.5) is 0 Å². The second-order valence-corrected chi connectivity index (χ2v) is 3.49. The summed E-state index contributed by atoms with van der Waals surface area (Å²) in [4.78, 5) is 10.9. The molecule has 0 bridgehead atoms. The Morgan fingerprint density at radius 2 is 2.19 bits per heavy atom. The number of nitrogens with one attached hydrogen (secondary N) is 1. The van der Waals surface area contributed by atoms with Crippen LogP contribution in [0.25, 0.3) is 0 Å². The monoisotopic (exact) mass is 219 g/mol. The summed E-state index contributed by atoms with van der Waals surface area (Å²) in [6.07, 6.45) is 4.75. The summed E-state index contributed by atoms with van der Waals surface area (Å²) in [5.74, 6) is -0.857. The zero-order chi connectivity index (χ0) is 11.8. The van der Waals surface area contributed by atoms with Gasteiger partial charge in [0.2, 0.25) is 0 Å². The molecule has 0 saturated carbocycles. The van der Waals surface area contributed by atoms with Crippen LogP contribution < -0.4 is 5.32 Å². The van der Waals surface area contributed by atoms with Gasteiger partial charge in [-0.25, -0.2) is 4.79 Å². The minimum absolute atomic E-state index is 0.398. The molecule has 0 atom stereocenters. The van der Waals surface area contributed by atoms with E-state index >= 15 is 0 Å². The van der Waals surface area contributed by atoms with E-state index in [0.717, 1.165) is 25.1 Å². The van der Waals surface area contributed by atoms with Gasteiger partial charge in [-0.2, -0.15) is 0 Å². The first-order valence-electron chi connectivity index (χ1n) is 5.38. The molecular weight excluding hydrogens is 202 g/mol. The lowest BCUT2D eigenvalue weighted by Crippen LogP contribution is -2.18. The van der Waals surface area contributed by atoms with Crippen LogP contribution in [-0.2, 0) is 6.42 Å². The molecule has 0 heterocycles. The van der Waals surface area contributed by atoms with E-state index in [1.54, 1.807) is 12.1 Å². The first-order valence-corrected chi connectivity index (χ1v) is 5.38. The van der Waals surface area contributed by atoms with E-state index in [1.165, 1.54) is 0 Å². The molecule has 0 unspecified atom stereocenters. The van der Waals surface area contributed by atoms with Crippen molar-refractivity contribution in [3.63, 3.8) is 0 Å². The minimum atomic E-state index is -0.857. The first kappa shape index (κ1) is 12.5. The Hall–Kier alpha value is -1.61. The summed E-state index contributed by atoms with van der Waals surface area (Å²) in [6.45, 7) is 3.59. The highest BCUT2D eigenvalue weighted by Gasteiger charge is 2.07. The van der Waals surface area contributed by atoms with Crippen molar-refractivity contribution in [1.29, 1.82) is 0 Å². The Kier molecular flexibility index (Phi) is 5.29. The van der Waals surface area contributed by atoms with Crippen molar-refractivity contribution in [2.75, 3.05) is 13.1 Å². The Morgan fingerprint density at radius 1 is 1.44 bits per heavy atom. The number of allylic oxidation sites excluding steroid dienone is 1. The minimum Gasteiger partial charge on any atom is -0.478 e. The normalized spacial score (nSPS) is 10.8. The number of carbonyl (C=O) groups is 1. The van der Waals surface area contributed by atoms with Crippen molar-refractivity contribution in [2.45, 2.75) is 13.3 Å². The van der Waals surface area contributed by atoms with Crippen LogP contribution >= 0.6 is 0 Å². The van der Waals surface area contributed by atoms with Crippen molar-refractivity contribution >= 4 is 5.97 Å². The highest BCUT2D eigenvalue weighted by atomic mass is 16.4. The largest absolute Gasteiger partial charge is 0.478 e. The SMILES string of the molecule is C/C=C/CNCCc1ccccc1C(=O)O. The number of benzene rings is 1. The van der Waals surface area contributed by atoms with Crippen LogP contribution in [0.15, 0.2) is 36.4 Å². The lowest BCUT2D eigenvalue weighted by Gasteiger charge is -2.05. The van der Waals surface area contributed by atoms with E-state index in [4.69, 9.17) is 5.11 Å². The van der Waals surface area contributed by atoms with Crippen molar-refractivity contribution < 1.29 is 9.90 Å². The van der Waals surface area contributed by atoms with Gasteiger partial charge < -0.3 is 10.4 Å². The van der Waals surface area contributed by atoms with Crippen LogP contribution in [0.3, 0.4) is 0 Å². The molecule has 0 aliphatic rings. The molecule has 1 rings (SSSR count). The van der Waals surface area contributed by atoms with Gasteiger partial charge >= 0.3 is 5.97 Å². The summed E-state index contributed by atoms with van der Waals surface area (Å²) in [6, 6.07) is 7.12. The standard InChI is InChI=1S/C13H17NO2/c1-2-3-9-14-10-8-11-6-4-5-7-12(11)13(15)16/h2-7,14H,8-10H2,1H3,(H,15,16)/b3-2+. The maximum absolute atomic E-state index is 10.9. The fourth-order valence-corrected chi connectivity index (χ4v) is 1.47. The predicted molar refractivity (Wildman–Crippen MR) is 64.8 cm³/mol. The molecule has 16 heavy (non-hydrogen) atoms. The third-order valence-electron chi connectivity index (χ3n) is 2.32. The van der Waals surface area contributed by atoms with Gasteiger partial charge in [0.05, 0.1) is 5.56 Å². The van der Waals surface area contributed by atoms with Crippen molar-refractivity contribution in [3.05, 3.63) is 47.5 Å². The topological polar surface area (TPSA) is 49.3 Å². The van der Waals surface area contributed by atoms with E-state index in [1.807, 2.05) is 31.2 Å². The third kappa shape index (κ3) is 3.87. The summed E-state index contributed by atoms with van der Waals surface area (Å²) >= 11 is 0. The highest BCUT2D eigenvalue weighted by molar-refractivity contribution is 5.89. The van der Waals surface area contributed by atoms with Crippen molar-refractivity contribution in [3.8, 4) is 0 Å². The van der Waals surface area contributed by atoms with Crippen molar-refractivity contribution in [1.82, 2.24) is 5.32 Å². The zero-order valence-electron chi connectivity index (χ0n) is 9.44. The smallest absolute Gasteiger partial charge is 0.335 e. The second-order valence-electron chi connectivity index (χ2n) is 3.49. The summed E-state index contributed by atoms with van der Waals surface area (Å²) in [5.41, 5.74) is 1.28. The number of hydrogen-bond acceptors (Lipinski definition) is 2. The molecule has 0 radical (unpaired) electrons. The molecule has 3 heteroatoms. The van der Waals surface area contributed by atoms with Gasteiger partial charge in [0.1, 0.15) is 0 Å². The number of hydrogen-bond donors (Lipinski definition) is 2. The van der Waals surface area contributed by atoms with Gasteiger partial charge in [-0.1, -0.05) is 30.4 Å². The lowest BCUT2D eigenvalue weighted by atomic mass is 10.0. The molecule has 0 aliphatic carbocycles. The Bertz CT molecular complexity index is 372. The molecule has 0 amide bonds. The van der Waals surface area contributed by atoms with Crippen molar-refractivity contribution in [2.24, 2.45) is 0 Å². The molecule has 3 nitrogen and oxygen atoms in total. The fraction of sp³-hybridized carbons (Fsp3) is 0.308. The van der Waals surface area contributed by atoms with Gasteiger partial charge in [0, 0.05) is 6.54 Å². The molecule has 1 aromatic carbocycles. The Labute approximate surface area is 95.8 Å². The van der Waals surface area contributed by atoms with Gasteiger partial charge in [0.15, 0.2) is 0 Å². The van der Waals surface area contributed by atoms with Crippen LogP contribution in [0.2, 0.25) is 0 Å². The number of aromatic carboxylic acids is 1. The van der Waals surface area contributed by atoms with Crippen LogP contribution in [0, 0.1) is 0 Å². The molecule has 1 aromatic rings. The summed E-state index contributed by atoms with van der Waals surface area (Å²) in [5, 5.41) is 12.2. The average Bonchev–Trinajstić information content (AvgIpc) is 2.29. The molecule has 0 aliphatic heterocycles. The maximum atomic E-state index is 10.9. The quantitative estimate of drug-likeness (QED) is 0.569. The molecule has 86 valence electrons. The van der Waals surface area contributed by atoms with Crippen LogP contribution in [-0.4, -0.2) is 24.2 Å². The van der Waals surface area contributed by atoms with E-state index in [-0.39, 0.29) is 0 Å². The fourth-order valence-electron chi connectivity index (χ4n) is 1.47. The predicted octanol–water partition coefficient (Wildman–Crippen LogP) is 2.09. The van der Waals surface area contributed by atoms with E-state index in [0.29, 0.717) is 5.56 Å². The molecule has 2 N–H and O–H groups in total. The molecule has 0 fully saturated rings. The van der Waals surface area contributed by atoms with Crippen LogP contribution in [0.5, 0.6) is 0 Å². The van der Waals surface area contributed by atoms with Gasteiger partial charge in [-0.05, 0) is 31.5 Å². The first-order chi connectivity index (χ1) is 7.75. The summed E-state index contributed by atoms with van der Waals surface area (Å²) in [7, 11) is 0. The highest BCUT2D eigenvalue weighted by Crippen LogP contribution is 2.08. The van der Waals surface area contributed by atoms with Gasteiger partial charge in [0.25, 0.3) is 0 Å². The zero-order valence-corrected chi connectivity index (χ0v) is 9.44. The third-order valence-corrected chi connectivity index (χ3v) is 2.32. The van der Waals surface area contributed by atoms with Crippen LogP contribution in [0.1, 0.15) is 22.8 Å². The number of rotatable bonds is 6. The van der Waals surface area contributed by atoms with E-state index < -0.39 is 5.97 Å². The van der Waals surface area contributed by atoms with E-state index in [2.05, 4.69) is 5.32 Å². The number of carboxylic acids is 1. The van der Waals surface area contributed by atoms with E-state index in [9.17, 15) is 4.79 Å². The second kappa shape index (κ2) is 6.80. The maximum Gasteiger partial charge on any atom is 0.335 e. The number of carboxylic acid groups (broad SMARTS) is 1. The Balaban J connectivity index is 2.50. The molecule has 0 aromatic heterocycles. The van der Waals surface area contributed by atoms with Gasteiger partial charge in [-0.15, -0.1) is 0 Å². The van der Waals surface area contributed by atoms with Gasteiger partial charge in [-0.3, -0.25) is 0 Å². The molecule has 0 saturated heterocycles. The molecular formula is C13H17NO2.